The summed E-state index contributed by atoms with van der Waals surface area (Å²) < 4.78 is 2.88. The Morgan fingerprint density at radius 3 is 2.42 bits per heavy atom. The highest BCUT2D eigenvalue weighted by Gasteiger charge is 2.38. The number of carbonyl (C=O) groups excluding carboxylic acids is 1. The zero-order valence-electron chi connectivity index (χ0n) is 17.6. The molecule has 0 atom stereocenters. The van der Waals surface area contributed by atoms with Gasteiger partial charge in [0.2, 0.25) is 5.88 Å². The summed E-state index contributed by atoms with van der Waals surface area (Å²) in [7, 11) is 0. The number of imidazole rings is 1. The number of hydrogen-bond donors (Lipinski definition) is 1. The first kappa shape index (κ1) is 19.9. The van der Waals surface area contributed by atoms with Gasteiger partial charge in [-0.25, -0.2) is 4.79 Å². The molecule has 2 aromatic carbocycles. The SMILES string of the molecule is CCn1c(O)c(C)n(Cc2ccc(-c3ccc4c(c3)CN(C3CC3)C4=O)cc2Cl)c1=O. The van der Waals surface area contributed by atoms with Gasteiger partial charge in [-0.1, -0.05) is 29.8 Å². The standard InChI is InChI=1S/C24H24ClN3O3/c1-3-26-22(29)14(2)27(24(26)31)12-17-5-4-16(11-21(17)25)15-6-9-20-18(10-15)13-28(23(20)30)19-7-8-19/h4-6,9-11,19,29H,3,7-8,12-13H2,1-2H3. The Hall–Kier alpha value is -2.99. The fourth-order valence-electron chi connectivity index (χ4n) is 4.40. The van der Waals surface area contributed by atoms with Gasteiger partial charge in [-0.2, -0.15) is 0 Å². The molecule has 2 heterocycles. The van der Waals surface area contributed by atoms with Crippen LogP contribution in [0.5, 0.6) is 5.88 Å². The van der Waals surface area contributed by atoms with Crippen molar-refractivity contribution in [1.82, 2.24) is 14.0 Å². The highest BCUT2D eigenvalue weighted by molar-refractivity contribution is 6.31. The van der Waals surface area contributed by atoms with E-state index in [1.165, 1.54) is 9.13 Å². The molecule has 1 amide bonds. The lowest BCUT2D eigenvalue weighted by Crippen LogP contribution is -2.25. The monoisotopic (exact) mass is 437 g/mol. The highest BCUT2D eigenvalue weighted by atomic mass is 35.5. The largest absolute Gasteiger partial charge is 0.493 e. The van der Waals surface area contributed by atoms with E-state index in [1.54, 1.807) is 6.92 Å². The van der Waals surface area contributed by atoms with E-state index in [9.17, 15) is 14.7 Å². The quantitative estimate of drug-likeness (QED) is 0.651. The average Bonchev–Trinajstić information content (AvgIpc) is 3.52. The number of aromatic nitrogens is 2. The van der Waals surface area contributed by atoms with Crippen LogP contribution in [0.25, 0.3) is 11.1 Å². The Morgan fingerprint density at radius 1 is 1.06 bits per heavy atom. The van der Waals surface area contributed by atoms with Crippen LogP contribution >= 0.6 is 11.6 Å². The number of amides is 1. The van der Waals surface area contributed by atoms with Crippen molar-refractivity contribution in [3.63, 3.8) is 0 Å². The van der Waals surface area contributed by atoms with E-state index in [0.717, 1.165) is 40.7 Å². The Labute approximate surface area is 185 Å². The molecule has 7 heteroatoms. The zero-order chi connectivity index (χ0) is 21.9. The van der Waals surface area contributed by atoms with Crippen LogP contribution in [-0.4, -0.2) is 31.1 Å². The van der Waals surface area contributed by atoms with Crippen molar-refractivity contribution in [2.24, 2.45) is 0 Å². The molecule has 6 nitrogen and oxygen atoms in total. The molecule has 2 aliphatic rings. The second-order valence-corrected chi connectivity index (χ2v) is 8.77. The van der Waals surface area contributed by atoms with Gasteiger partial charge in [-0.3, -0.25) is 13.9 Å². The van der Waals surface area contributed by atoms with Crippen LogP contribution in [0.3, 0.4) is 0 Å². The van der Waals surface area contributed by atoms with E-state index < -0.39 is 0 Å². The third kappa shape index (κ3) is 3.26. The van der Waals surface area contributed by atoms with Gasteiger partial charge < -0.3 is 10.0 Å². The van der Waals surface area contributed by atoms with E-state index in [-0.39, 0.29) is 17.5 Å². The fraction of sp³-hybridized carbons (Fsp3) is 0.333. The summed E-state index contributed by atoms with van der Waals surface area (Å²) in [5, 5.41) is 10.7. The van der Waals surface area contributed by atoms with Gasteiger partial charge in [0.1, 0.15) is 0 Å². The smallest absolute Gasteiger partial charge is 0.331 e. The molecule has 1 aliphatic heterocycles. The maximum absolute atomic E-state index is 12.6. The number of rotatable bonds is 5. The fourth-order valence-corrected chi connectivity index (χ4v) is 4.64. The summed E-state index contributed by atoms with van der Waals surface area (Å²) in [6.45, 7) is 4.92. The third-order valence-electron chi connectivity index (χ3n) is 6.40. The summed E-state index contributed by atoms with van der Waals surface area (Å²) in [6, 6.07) is 12.2. The van der Waals surface area contributed by atoms with E-state index in [2.05, 4.69) is 6.07 Å². The molecule has 1 fully saturated rings. The molecule has 0 unspecified atom stereocenters. The maximum atomic E-state index is 12.6. The second kappa shape index (κ2) is 7.31. The van der Waals surface area contributed by atoms with Gasteiger partial charge >= 0.3 is 5.69 Å². The summed E-state index contributed by atoms with van der Waals surface area (Å²) in [5.41, 5.74) is 4.92. The van der Waals surface area contributed by atoms with Crippen molar-refractivity contribution in [1.29, 1.82) is 0 Å². The summed E-state index contributed by atoms with van der Waals surface area (Å²) in [6.07, 6.45) is 2.21. The van der Waals surface area contributed by atoms with Crippen molar-refractivity contribution in [2.75, 3.05) is 0 Å². The molecule has 5 rings (SSSR count). The lowest BCUT2D eigenvalue weighted by molar-refractivity contribution is 0.0766. The molecule has 1 aliphatic carbocycles. The minimum atomic E-state index is -0.249. The second-order valence-electron chi connectivity index (χ2n) is 8.36. The normalized spacial score (nSPS) is 15.6. The maximum Gasteiger partial charge on any atom is 0.331 e. The number of nitrogens with zero attached hydrogens (tertiary/aromatic N) is 3. The van der Waals surface area contributed by atoms with Crippen LogP contribution in [0.1, 0.15) is 46.9 Å². The van der Waals surface area contributed by atoms with Gasteiger partial charge in [0.05, 0.1) is 12.2 Å². The Morgan fingerprint density at radius 2 is 1.77 bits per heavy atom. The first-order chi connectivity index (χ1) is 14.9. The van der Waals surface area contributed by atoms with Crippen molar-refractivity contribution in [2.45, 2.75) is 52.4 Å². The molecule has 0 saturated heterocycles. The van der Waals surface area contributed by atoms with Crippen LogP contribution in [0.15, 0.2) is 41.2 Å². The van der Waals surface area contributed by atoms with Crippen LogP contribution in [0.2, 0.25) is 5.02 Å². The first-order valence-corrected chi connectivity index (χ1v) is 11.0. The zero-order valence-corrected chi connectivity index (χ0v) is 18.3. The van der Waals surface area contributed by atoms with Crippen molar-refractivity contribution in [3.05, 3.63) is 74.3 Å². The molecule has 3 aromatic rings. The molecule has 0 spiro atoms. The van der Waals surface area contributed by atoms with Gasteiger partial charge in [-0.15, -0.1) is 0 Å². The van der Waals surface area contributed by atoms with Gasteiger partial charge in [0.25, 0.3) is 5.91 Å². The molecule has 0 bridgehead atoms. The molecule has 1 N–H and O–H groups in total. The highest BCUT2D eigenvalue weighted by Crippen LogP contribution is 2.36. The van der Waals surface area contributed by atoms with Crippen LogP contribution in [0, 0.1) is 6.92 Å². The van der Waals surface area contributed by atoms with E-state index in [1.807, 2.05) is 42.2 Å². The van der Waals surface area contributed by atoms with Crippen molar-refractivity contribution in [3.8, 4) is 17.0 Å². The summed E-state index contributed by atoms with van der Waals surface area (Å²) in [4.78, 5) is 27.1. The number of hydrogen-bond acceptors (Lipinski definition) is 3. The average molecular weight is 438 g/mol. The Balaban J connectivity index is 1.43. The number of fused-ring (bicyclic) bond motifs is 1. The molecular weight excluding hydrogens is 414 g/mol. The van der Waals surface area contributed by atoms with Crippen LogP contribution in [0.4, 0.5) is 0 Å². The van der Waals surface area contributed by atoms with E-state index in [0.29, 0.717) is 36.4 Å². The minimum Gasteiger partial charge on any atom is -0.493 e. The van der Waals surface area contributed by atoms with E-state index in [4.69, 9.17) is 11.6 Å². The molecule has 1 saturated carbocycles. The van der Waals surface area contributed by atoms with Crippen molar-refractivity contribution >= 4 is 17.5 Å². The number of aromatic hydroxyl groups is 1. The third-order valence-corrected chi connectivity index (χ3v) is 6.75. The lowest BCUT2D eigenvalue weighted by atomic mass is 9.99. The molecular formula is C24H24ClN3O3. The lowest BCUT2D eigenvalue weighted by Gasteiger charge is -2.13. The topological polar surface area (TPSA) is 67.5 Å². The van der Waals surface area contributed by atoms with Crippen LogP contribution in [-0.2, 0) is 19.6 Å². The molecule has 1 aromatic heterocycles. The molecule has 160 valence electrons. The van der Waals surface area contributed by atoms with Crippen LogP contribution < -0.4 is 5.69 Å². The number of carbonyl (C=O) groups is 1. The predicted molar refractivity (Wildman–Crippen MR) is 120 cm³/mol. The minimum absolute atomic E-state index is 0.00632. The molecule has 0 radical (unpaired) electrons. The van der Waals surface area contributed by atoms with Crippen molar-refractivity contribution < 1.29 is 9.90 Å². The summed E-state index contributed by atoms with van der Waals surface area (Å²) in [5.74, 6) is 0.133. The number of halogens is 1. The first-order valence-electron chi connectivity index (χ1n) is 10.6. The van der Waals surface area contributed by atoms with E-state index >= 15 is 0 Å². The Bertz CT molecular complexity index is 1270. The predicted octanol–water partition coefficient (Wildman–Crippen LogP) is 4.17. The summed E-state index contributed by atoms with van der Waals surface area (Å²) >= 11 is 6.58. The molecule has 31 heavy (non-hydrogen) atoms. The Kier molecular flexibility index (Phi) is 4.70. The number of benzene rings is 2. The van der Waals surface area contributed by atoms with Gasteiger partial charge in [0.15, 0.2) is 0 Å². The van der Waals surface area contributed by atoms with Gasteiger partial charge in [0, 0.05) is 29.7 Å². The van der Waals surface area contributed by atoms with Gasteiger partial charge in [-0.05, 0) is 67.1 Å².